The smallest absolute Gasteiger partial charge is 0.404 e. The number of alkyl halides is 3. The molecule has 76 valence electrons. The lowest BCUT2D eigenvalue weighted by Crippen LogP contribution is -2.53. The van der Waals surface area contributed by atoms with Crippen LogP contribution < -0.4 is 5.32 Å². The zero-order valence-electron chi connectivity index (χ0n) is 6.77. The van der Waals surface area contributed by atoms with Gasteiger partial charge in [-0.25, -0.2) is 0 Å². The maximum absolute atomic E-state index is 12.2. The molecule has 0 bridgehead atoms. The number of halogens is 3. The molecule has 2 atom stereocenters. The molecule has 0 amide bonds. The fraction of sp³-hybridized carbons (Fsp3) is 0.857. The molecule has 0 aliphatic carbocycles. The second kappa shape index (κ2) is 3.53. The second-order valence-corrected chi connectivity index (χ2v) is 3.06. The third kappa shape index (κ3) is 2.33. The van der Waals surface area contributed by atoms with Crippen LogP contribution in [0.15, 0.2) is 0 Å². The summed E-state index contributed by atoms with van der Waals surface area (Å²) in [6.45, 7) is 0.230. The van der Waals surface area contributed by atoms with Crippen LogP contribution in [-0.2, 0) is 4.79 Å². The molecular weight excluding hydrogens is 187 g/mol. The van der Waals surface area contributed by atoms with E-state index in [2.05, 4.69) is 5.32 Å². The quantitative estimate of drug-likeness (QED) is 0.659. The van der Waals surface area contributed by atoms with Crippen LogP contribution >= 0.6 is 0 Å². The number of carboxylic acid groups (broad SMARTS) is 1. The van der Waals surface area contributed by atoms with Gasteiger partial charge in [-0.05, 0) is 19.4 Å². The standard InChI is InChI=1S/C7H10F3NO2/c8-7(9,10)5-4(6(12)13)2-1-3-11-5/h4-5,11H,1-3H2,(H,12,13)/t4-,5+/m0/s1. The van der Waals surface area contributed by atoms with Crippen molar-refractivity contribution in [3.8, 4) is 0 Å². The van der Waals surface area contributed by atoms with Gasteiger partial charge in [0.15, 0.2) is 0 Å². The van der Waals surface area contributed by atoms with Gasteiger partial charge >= 0.3 is 12.1 Å². The van der Waals surface area contributed by atoms with Crippen molar-refractivity contribution in [2.24, 2.45) is 5.92 Å². The van der Waals surface area contributed by atoms with Crippen LogP contribution in [0.1, 0.15) is 12.8 Å². The molecule has 6 heteroatoms. The van der Waals surface area contributed by atoms with Crippen molar-refractivity contribution in [1.29, 1.82) is 0 Å². The first kappa shape index (κ1) is 10.3. The molecule has 1 heterocycles. The monoisotopic (exact) mass is 197 g/mol. The average Bonchev–Trinajstić information content (AvgIpc) is 2.03. The highest BCUT2D eigenvalue weighted by atomic mass is 19.4. The lowest BCUT2D eigenvalue weighted by atomic mass is 9.90. The van der Waals surface area contributed by atoms with Gasteiger partial charge in [-0.3, -0.25) is 4.79 Å². The van der Waals surface area contributed by atoms with Gasteiger partial charge in [-0.15, -0.1) is 0 Å². The topological polar surface area (TPSA) is 49.3 Å². The number of rotatable bonds is 1. The van der Waals surface area contributed by atoms with Crippen LogP contribution in [-0.4, -0.2) is 29.8 Å². The third-order valence-electron chi connectivity index (χ3n) is 2.13. The van der Waals surface area contributed by atoms with E-state index in [0.717, 1.165) is 0 Å². The first-order valence-electron chi connectivity index (χ1n) is 3.96. The minimum absolute atomic E-state index is 0.0898. The molecular formula is C7H10F3NO2. The zero-order chi connectivity index (χ0) is 10.1. The number of hydrogen-bond donors (Lipinski definition) is 2. The zero-order valence-corrected chi connectivity index (χ0v) is 6.77. The number of carboxylic acids is 1. The highest BCUT2D eigenvalue weighted by Gasteiger charge is 2.48. The van der Waals surface area contributed by atoms with E-state index in [1.807, 2.05) is 0 Å². The van der Waals surface area contributed by atoms with Crippen molar-refractivity contribution >= 4 is 5.97 Å². The fourth-order valence-electron chi connectivity index (χ4n) is 1.50. The van der Waals surface area contributed by atoms with E-state index in [0.29, 0.717) is 6.42 Å². The average molecular weight is 197 g/mol. The van der Waals surface area contributed by atoms with E-state index in [4.69, 9.17) is 5.11 Å². The normalized spacial score (nSPS) is 30.1. The van der Waals surface area contributed by atoms with E-state index in [1.165, 1.54) is 0 Å². The molecule has 1 saturated heterocycles. The van der Waals surface area contributed by atoms with Crippen LogP contribution in [0, 0.1) is 5.92 Å². The lowest BCUT2D eigenvalue weighted by Gasteiger charge is -2.31. The molecule has 0 spiro atoms. The van der Waals surface area contributed by atoms with Gasteiger partial charge < -0.3 is 10.4 Å². The van der Waals surface area contributed by atoms with Gasteiger partial charge in [0.1, 0.15) is 6.04 Å². The van der Waals surface area contributed by atoms with Crippen molar-refractivity contribution in [3.05, 3.63) is 0 Å². The fourth-order valence-corrected chi connectivity index (χ4v) is 1.50. The Balaban J connectivity index is 2.73. The summed E-state index contributed by atoms with van der Waals surface area (Å²) in [4.78, 5) is 10.5. The molecule has 2 N–H and O–H groups in total. The number of aliphatic carboxylic acids is 1. The summed E-state index contributed by atoms with van der Waals surface area (Å²) in [6, 6.07) is -1.89. The predicted octanol–water partition coefficient (Wildman–Crippen LogP) is 1.00. The minimum Gasteiger partial charge on any atom is -0.481 e. The molecule has 0 aromatic rings. The van der Waals surface area contributed by atoms with Crippen LogP contribution in [0.3, 0.4) is 0 Å². The van der Waals surface area contributed by atoms with Crippen LogP contribution in [0.5, 0.6) is 0 Å². The van der Waals surface area contributed by atoms with E-state index in [9.17, 15) is 18.0 Å². The van der Waals surface area contributed by atoms with Gasteiger partial charge in [0, 0.05) is 0 Å². The van der Waals surface area contributed by atoms with E-state index >= 15 is 0 Å². The Morgan fingerprint density at radius 1 is 1.46 bits per heavy atom. The number of hydrogen-bond acceptors (Lipinski definition) is 2. The lowest BCUT2D eigenvalue weighted by molar-refractivity contribution is -0.183. The summed E-state index contributed by atoms with van der Waals surface area (Å²) in [5.41, 5.74) is 0. The van der Waals surface area contributed by atoms with E-state index < -0.39 is 24.1 Å². The van der Waals surface area contributed by atoms with Gasteiger partial charge in [-0.2, -0.15) is 13.2 Å². The Labute approximate surface area is 72.9 Å². The van der Waals surface area contributed by atoms with Crippen LogP contribution in [0.4, 0.5) is 13.2 Å². The summed E-state index contributed by atoms with van der Waals surface area (Å²) in [5.74, 6) is -2.72. The van der Waals surface area contributed by atoms with E-state index in [-0.39, 0.29) is 13.0 Å². The van der Waals surface area contributed by atoms with Crippen molar-refractivity contribution in [1.82, 2.24) is 5.32 Å². The molecule has 1 aliphatic heterocycles. The minimum atomic E-state index is -4.47. The summed E-state index contributed by atoms with van der Waals surface area (Å²) >= 11 is 0. The molecule has 1 rings (SSSR count). The molecule has 1 fully saturated rings. The SMILES string of the molecule is O=C(O)[C@H]1CCCN[C@H]1C(F)(F)F. The van der Waals surface area contributed by atoms with Crippen molar-refractivity contribution in [2.75, 3.05) is 6.54 Å². The third-order valence-corrected chi connectivity index (χ3v) is 2.13. The van der Waals surface area contributed by atoms with Crippen LogP contribution in [0.25, 0.3) is 0 Å². The molecule has 0 unspecified atom stereocenters. The Morgan fingerprint density at radius 3 is 2.46 bits per heavy atom. The van der Waals surface area contributed by atoms with Crippen molar-refractivity contribution in [3.63, 3.8) is 0 Å². The Kier molecular flexibility index (Phi) is 2.80. The summed E-state index contributed by atoms with van der Waals surface area (Å²) in [6.07, 6.45) is -3.90. The van der Waals surface area contributed by atoms with Gasteiger partial charge in [-0.1, -0.05) is 0 Å². The maximum atomic E-state index is 12.2. The number of carbonyl (C=O) groups is 1. The van der Waals surface area contributed by atoms with E-state index in [1.54, 1.807) is 0 Å². The number of nitrogens with one attached hydrogen (secondary N) is 1. The van der Waals surface area contributed by atoms with Gasteiger partial charge in [0.2, 0.25) is 0 Å². The molecule has 0 radical (unpaired) electrons. The molecule has 0 aromatic carbocycles. The first-order valence-corrected chi connectivity index (χ1v) is 3.96. The molecule has 3 nitrogen and oxygen atoms in total. The number of piperidine rings is 1. The first-order chi connectivity index (χ1) is 5.93. The van der Waals surface area contributed by atoms with Crippen molar-refractivity contribution < 1.29 is 23.1 Å². The second-order valence-electron chi connectivity index (χ2n) is 3.06. The van der Waals surface area contributed by atoms with Crippen LogP contribution in [0.2, 0.25) is 0 Å². The van der Waals surface area contributed by atoms with Gasteiger partial charge in [0.25, 0.3) is 0 Å². The highest BCUT2D eigenvalue weighted by molar-refractivity contribution is 5.71. The molecule has 1 aliphatic rings. The molecule has 13 heavy (non-hydrogen) atoms. The Hall–Kier alpha value is -0.780. The maximum Gasteiger partial charge on any atom is 0.404 e. The van der Waals surface area contributed by atoms with Gasteiger partial charge in [0.05, 0.1) is 5.92 Å². The summed E-state index contributed by atoms with van der Waals surface area (Å²) < 4.78 is 36.7. The highest BCUT2D eigenvalue weighted by Crippen LogP contribution is 2.30. The Morgan fingerprint density at radius 2 is 2.08 bits per heavy atom. The molecule has 0 saturated carbocycles. The summed E-state index contributed by atoms with van der Waals surface area (Å²) in [7, 11) is 0. The predicted molar refractivity (Wildman–Crippen MR) is 38.2 cm³/mol. The molecule has 0 aromatic heterocycles. The summed E-state index contributed by atoms with van der Waals surface area (Å²) in [5, 5.41) is 10.7. The van der Waals surface area contributed by atoms with Crippen molar-refractivity contribution in [2.45, 2.75) is 25.1 Å². The largest absolute Gasteiger partial charge is 0.481 e. The Bertz CT molecular complexity index is 204.